The lowest BCUT2D eigenvalue weighted by atomic mass is 9.88. The van der Waals surface area contributed by atoms with Crippen molar-refractivity contribution < 1.29 is 18.8 Å². The number of carbonyl (C=O) groups is 3. The Morgan fingerprint density at radius 2 is 1.56 bits per heavy atom. The van der Waals surface area contributed by atoms with Crippen molar-refractivity contribution in [2.45, 2.75) is 50.6 Å². The summed E-state index contributed by atoms with van der Waals surface area (Å²) in [5.74, 6) is -1.24. The van der Waals surface area contributed by atoms with Crippen molar-refractivity contribution in [3.63, 3.8) is 0 Å². The maximum absolute atomic E-state index is 13.2. The Morgan fingerprint density at radius 3 is 2.26 bits per heavy atom. The van der Waals surface area contributed by atoms with E-state index in [1.54, 1.807) is 29.2 Å². The molecule has 2 N–H and O–H groups in total. The Kier molecular flexibility index (Phi) is 7.83. The van der Waals surface area contributed by atoms with Crippen LogP contribution in [0.3, 0.4) is 0 Å². The summed E-state index contributed by atoms with van der Waals surface area (Å²) >= 11 is 6.20. The highest BCUT2D eigenvalue weighted by Gasteiger charge is 2.33. The third-order valence-corrected chi connectivity index (χ3v) is 7.03. The molecule has 3 atom stereocenters. The van der Waals surface area contributed by atoms with E-state index in [1.807, 2.05) is 0 Å². The zero-order valence-electron chi connectivity index (χ0n) is 18.9. The molecular weight excluding hydrogens is 457 g/mol. The van der Waals surface area contributed by atoms with Gasteiger partial charge in [0, 0.05) is 30.7 Å². The fourth-order valence-electron chi connectivity index (χ4n) is 4.81. The molecule has 34 heavy (non-hydrogen) atoms. The smallest absolute Gasteiger partial charge is 0.255 e. The van der Waals surface area contributed by atoms with Gasteiger partial charge in [0.25, 0.3) is 11.8 Å². The van der Waals surface area contributed by atoms with Crippen molar-refractivity contribution in [1.29, 1.82) is 0 Å². The molecule has 1 unspecified atom stereocenters. The molecule has 2 aromatic carbocycles. The molecule has 0 bridgehead atoms. The van der Waals surface area contributed by atoms with Gasteiger partial charge in [-0.3, -0.25) is 14.4 Å². The summed E-state index contributed by atoms with van der Waals surface area (Å²) < 4.78 is 13.2. The predicted octanol–water partition coefficient (Wildman–Crippen LogP) is 4.19. The Hall–Kier alpha value is -2.93. The average molecular weight is 486 g/mol. The number of benzene rings is 2. The second-order valence-electron chi connectivity index (χ2n) is 9.06. The first kappa shape index (κ1) is 24.2. The van der Waals surface area contributed by atoms with Gasteiger partial charge in [-0.05, 0) is 62.1 Å². The van der Waals surface area contributed by atoms with Gasteiger partial charge in [0.05, 0.1) is 16.5 Å². The van der Waals surface area contributed by atoms with Crippen LogP contribution in [0.1, 0.15) is 59.2 Å². The van der Waals surface area contributed by atoms with E-state index in [9.17, 15) is 18.8 Å². The van der Waals surface area contributed by atoms with Gasteiger partial charge in [0.1, 0.15) is 5.82 Å². The van der Waals surface area contributed by atoms with Crippen LogP contribution in [0.25, 0.3) is 0 Å². The summed E-state index contributed by atoms with van der Waals surface area (Å²) in [7, 11) is 0. The van der Waals surface area contributed by atoms with Crippen molar-refractivity contribution >= 4 is 29.3 Å². The number of piperidine rings is 1. The van der Waals surface area contributed by atoms with E-state index in [-0.39, 0.29) is 35.7 Å². The highest BCUT2D eigenvalue weighted by molar-refractivity contribution is 6.33. The number of rotatable bonds is 5. The van der Waals surface area contributed by atoms with Gasteiger partial charge in [-0.15, -0.1) is 0 Å². The van der Waals surface area contributed by atoms with Gasteiger partial charge < -0.3 is 15.5 Å². The summed E-state index contributed by atoms with van der Waals surface area (Å²) in [6.07, 6.45) is 4.91. The fraction of sp³-hybridized carbons (Fsp3) is 0.423. The first-order valence-corrected chi connectivity index (χ1v) is 12.2. The quantitative estimate of drug-likeness (QED) is 0.666. The normalized spacial score (nSPS) is 22.6. The minimum Gasteiger partial charge on any atom is -0.351 e. The molecule has 0 radical (unpaired) electrons. The van der Waals surface area contributed by atoms with Crippen LogP contribution in [0.4, 0.5) is 4.39 Å². The SMILES string of the molecule is O=C(N[C@@H]1CCCC[C@H]1NC(=O)C1CCCN(C(=O)c2ccccc2Cl)C1)c1ccc(F)cc1. The second-order valence-corrected chi connectivity index (χ2v) is 9.46. The molecule has 6 nitrogen and oxygen atoms in total. The molecule has 0 aromatic heterocycles. The number of hydrogen-bond donors (Lipinski definition) is 2. The van der Waals surface area contributed by atoms with Crippen LogP contribution >= 0.6 is 11.6 Å². The number of amides is 3. The highest BCUT2D eigenvalue weighted by Crippen LogP contribution is 2.24. The second kappa shape index (κ2) is 11.0. The zero-order chi connectivity index (χ0) is 24.1. The molecule has 3 amide bonds. The van der Waals surface area contributed by atoms with Crippen LogP contribution in [-0.4, -0.2) is 47.8 Å². The van der Waals surface area contributed by atoms with E-state index < -0.39 is 5.82 Å². The van der Waals surface area contributed by atoms with Crippen LogP contribution in [0.2, 0.25) is 5.02 Å². The number of halogens is 2. The Bertz CT molecular complexity index is 1050. The lowest BCUT2D eigenvalue weighted by Crippen LogP contribution is -2.55. The molecule has 1 aliphatic carbocycles. The Morgan fingerprint density at radius 1 is 0.882 bits per heavy atom. The number of nitrogens with zero attached hydrogens (tertiary/aromatic N) is 1. The van der Waals surface area contributed by atoms with Crippen LogP contribution in [0.15, 0.2) is 48.5 Å². The van der Waals surface area contributed by atoms with Crippen LogP contribution < -0.4 is 10.6 Å². The van der Waals surface area contributed by atoms with Gasteiger partial charge in [0.15, 0.2) is 0 Å². The summed E-state index contributed by atoms with van der Waals surface area (Å²) in [6.45, 7) is 0.933. The third kappa shape index (κ3) is 5.76. The summed E-state index contributed by atoms with van der Waals surface area (Å²) in [5.41, 5.74) is 0.833. The molecule has 1 heterocycles. The predicted molar refractivity (Wildman–Crippen MR) is 128 cm³/mol. The molecular formula is C26H29ClFN3O3. The molecule has 1 saturated heterocycles. The molecule has 8 heteroatoms. The third-order valence-electron chi connectivity index (χ3n) is 6.70. The van der Waals surface area contributed by atoms with Crippen LogP contribution in [0, 0.1) is 11.7 Å². The number of nitrogens with one attached hydrogen (secondary N) is 2. The molecule has 2 aromatic rings. The van der Waals surface area contributed by atoms with E-state index in [0.717, 1.165) is 32.1 Å². The van der Waals surface area contributed by atoms with E-state index in [4.69, 9.17) is 11.6 Å². The van der Waals surface area contributed by atoms with Gasteiger partial charge in [0.2, 0.25) is 5.91 Å². The van der Waals surface area contributed by atoms with Crippen molar-refractivity contribution in [1.82, 2.24) is 15.5 Å². The maximum atomic E-state index is 13.2. The molecule has 0 spiro atoms. The zero-order valence-corrected chi connectivity index (χ0v) is 19.7. The molecule has 1 saturated carbocycles. The van der Waals surface area contributed by atoms with Gasteiger partial charge in [-0.25, -0.2) is 4.39 Å². The van der Waals surface area contributed by atoms with E-state index in [1.165, 1.54) is 24.3 Å². The molecule has 4 rings (SSSR count). The molecule has 2 fully saturated rings. The van der Waals surface area contributed by atoms with Gasteiger partial charge in [-0.1, -0.05) is 36.6 Å². The van der Waals surface area contributed by atoms with Crippen molar-refractivity contribution in [3.05, 3.63) is 70.5 Å². The molecule has 2 aliphatic rings. The Balaban J connectivity index is 1.37. The number of carbonyl (C=O) groups excluding carboxylic acids is 3. The minimum absolute atomic E-state index is 0.0930. The summed E-state index contributed by atoms with van der Waals surface area (Å²) in [4.78, 5) is 40.4. The first-order chi connectivity index (χ1) is 16.4. The van der Waals surface area contributed by atoms with Crippen LogP contribution in [0.5, 0.6) is 0 Å². The fourth-order valence-corrected chi connectivity index (χ4v) is 5.03. The van der Waals surface area contributed by atoms with Crippen molar-refractivity contribution in [2.24, 2.45) is 5.92 Å². The lowest BCUT2D eigenvalue weighted by molar-refractivity contribution is -0.127. The molecule has 180 valence electrons. The highest BCUT2D eigenvalue weighted by atomic mass is 35.5. The van der Waals surface area contributed by atoms with E-state index in [2.05, 4.69) is 10.6 Å². The number of hydrogen-bond acceptors (Lipinski definition) is 3. The Labute approximate surface area is 203 Å². The minimum atomic E-state index is -0.395. The number of likely N-dealkylation sites (tertiary alicyclic amines) is 1. The van der Waals surface area contributed by atoms with E-state index in [0.29, 0.717) is 35.7 Å². The van der Waals surface area contributed by atoms with Crippen LogP contribution in [-0.2, 0) is 4.79 Å². The lowest BCUT2D eigenvalue weighted by Gasteiger charge is -2.36. The monoisotopic (exact) mass is 485 g/mol. The standard InChI is InChI=1S/C26H29ClFN3O3/c27-21-8-2-1-7-20(21)26(34)31-15-5-6-18(16-31)25(33)30-23-10-4-3-9-22(23)29-24(32)17-11-13-19(28)14-12-17/h1-2,7-8,11-14,18,22-23H,3-6,9-10,15-16H2,(H,29,32)(H,30,33)/t18?,22-,23-/m1/s1. The topological polar surface area (TPSA) is 78.5 Å². The van der Waals surface area contributed by atoms with Crippen molar-refractivity contribution in [2.75, 3.05) is 13.1 Å². The first-order valence-electron chi connectivity index (χ1n) is 11.8. The van der Waals surface area contributed by atoms with Gasteiger partial charge in [-0.2, -0.15) is 0 Å². The van der Waals surface area contributed by atoms with Gasteiger partial charge >= 0.3 is 0 Å². The average Bonchev–Trinajstić information content (AvgIpc) is 2.85. The largest absolute Gasteiger partial charge is 0.351 e. The maximum Gasteiger partial charge on any atom is 0.255 e. The summed E-state index contributed by atoms with van der Waals surface area (Å²) in [5, 5.41) is 6.55. The van der Waals surface area contributed by atoms with E-state index >= 15 is 0 Å². The summed E-state index contributed by atoms with van der Waals surface area (Å²) in [6, 6.07) is 12.0. The molecule has 1 aliphatic heterocycles. The van der Waals surface area contributed by atoms with Crippen molar-refractivity contribution in [3.8, 4) is 0 Å².